The maximum absolute atomic E-state index is 11.1. The Hall–Kier alpha value is -1.07. The molecule has 0 bridgehead atoms. The van der Waals surface area contributed by atoms with Gasteiger partial charge in [0.15, 0.2) is 0 Å². The van der Waals surface area contributed by atoms with E-state index in [0.717, 1.165) is 16.6 Å². The molecule has 1 aliphatic carbocycles. The van der Waals surface area contributed by atoms with Crippen LogP contribution in [0.25, 0.3) is 0 Å². The van der Waals surface area contributed by atoms with Crippen molar-refractivity contribution < 1.29 is 4.92 Å². The van der Waals surface area contributed by atoms with Gasteiger partial charge >= 0.3 is 0 Å². The molecule has 0 spiro atoms. The summed E-state index contributed by atoms with van der Waals surface area (Å²) in [5.41, 5.74) is 0.995. The van der Waals surface area contributed by atoms with Crippen molar-refractivity contribution in [2.45, 2.75) is 50.4 Å². The van der Waals surface area contributed by atoms with Gasteiger partial charge in [-0.25, -0.2) is 0 Å². The molecule has 3 unspecified atom stereocenters. The van der Waals surface area contributed by atoms with Crippen molar-refractivity contribution >= 4 is 17.4 Å². The van der Waals surface area contributed by atoms with Gasteiger partial charge in [0.05, 0.1) is 4.92 Å². The van der Waals surface area contributed by atoms with E-state index < -0.39 is 0 Å². The summed E-state index contributed by atoms with van der Waals surface area (Å²) in [6.07, 6.45) is 3.59. The summed E-state index contributed by atoms with van der Waals surface area (Å²) in [7, 11) is 0. The Balaban J connectivity index is 1.99. The normalized spacial score (nSPS) is 23.7. The minimum atomic E-state index is -0.294. The molecule has 1 aromatic carbocycles. The minimum absolute atomic E-state index is 0.0203. The molecule has 1 fully saturated rings. The van der Waals surface area contributed by atoms with Crippen molar-refractivity contribution in [3.05, 3.63) is 39.9 Å². The number of para-hydroxylation sites is 1. The summed E-state index contributed by atoms with van der Waals surface area (Å²) in [6.45, 7) is 4.21. The van der Waals surface area contributed by atoms with Gasteiger partial charge in [-0.05, 0) is 31.9 Å². The first-order chi connectivity index (χ1) is 9.61. The number of nitrogens with one attached hydrogen (secondary N) is 1. The Morgan fingerprint density at radius 1 is 1.45 bits per heavy atom. The smallest absolute Gasteiger partial charge is 0.274 e. The fourth-order valence-electron chi connectivity index (χ4n) is 2.94. The van der Waals surface area contributed by atoms with Crippen LogP contribution in [-0.2, 0) is 0 Å². The van der Waals surface area contributed by atoms with Crippen LogP contribution in [0.4, 0.5) is 5.69 Å². The SMILES string of the molecule is CCSC1CCC(NC(C)c2ccccc2[N+](=O)[O-])C1. The molecule has 20 heavy (non-hydrogen) atoms. The van der Waals surface area contributed by atoms with Gasteiger partial charge in [-0.1, -0.05) is 25.1 Å². The number of nitrogens with zero attached hydrogens (tertiary/aromatic N) is 1. The lowest BCUT2D eigenvalue weighted by atomic mass is 10.0. The maximum atomic E-state index is 11.1. The molecule has 110 valence electrons. The summed E-state index contributed by atoms with van der Waals surface area (Å²) in [4.78, 5) is 10.8. The largest absolute Gasteiger partial charge is 0.307 e. The molecule has 1 aliphatic rings. The van der Waals surface area contributed by atoms with Gasteiger partial charge in [0, 0.05) is 29.0 Å². The Morgan fingerprint density at radius 2 is 2.20 bits per heavy atom. The van der Waals surface area contributed by atoms with Crippen LogP contribution >= 0.6 is 11.8 Å². The topological polar surface area (TPSA) is 55.2 Å². The van der Waals surface area contributed by atoms with E-state index in [1.54, 1.807) is 12.1 Å². The molecular weight excluding hydrogens is 272 g/mol. The van der Waals surface area contributed by atoms with E-state index in [-0.39, 0.29) is 16.7 Å². The van der Waals surface area contributed by atoms with Gasteiger partial charge in [-0.3, -0.25) is 10.1 Å². The summed E-state index contributed by atoms with van der Waals surface area (Å²) >= 11 is 2.03. The molecule has 1 N–H and O–H groups in total. The number of rotatable bonds is 6. The van der Waals surface area contributed by atoms with E-state index >= 15 is 0 Å². The third-order valence-electron chi connectivity index (χ3n) is 3.87. The zero-order chi connectivity index (χ0) is 14.5. The summed E-state index contributed by atoms with van der Waals surface area (Å²) in [5, 5.41) is 15.4. The van der Waals surface area contributed by atoms with E-state index in [0.29, 0.717) is 6.04 Å². The standard InChI is InChI=1S/C15H22N2O2S/c1-3-20-13-9-8-12(10-13)16-11(2)14-6-4-5-7-15(14)17(18)19/h4-7,11-13,16H,3,8-10H2,1-2H3. The quantitative estimate of drug-likeness (QED) is 0.638. The number of nitro benzene ring substituents is 1. The van der Waals surface area contributed by atoms with Gasteiger partial charge in [0.1, 0.15) is 0 Å². The van der Waals surface area contributed by atoms with Crippen molar-refractivity contribution in [2.24, 2.45) is 0 Å². The summed E-state index contributed by atoms with van der Waals surface area (Å²) < 4.78 is 0. The Bertz CT molecular complexity index is 467. The molecule has 0 amide bonds. The molecule has 4 nitrogen and oxygen atoms in total. The molecule has 0 saturated heterocycles. The van der Waals surface area contributed by atoms with Gasteiger partial charge in [-0.15, -0.1) is 0 Å². The first kappa shape index (κ1) is 15.3. The second-order valence-corrected chi connectivity index (χ2v) is 6.87. The summed E-state index contributed by atoms with van der Waals surface area (Å²) in [6, 6.07) is 7.52. The number of benzene rings is 1. The van der Waals surface area contributed by atoms with Crippen LogP contribution in [0.3, 0.4) is 0 Å². The van der Waals surface area contributed by atoms with Crippen molar-refractivity contribution in [3.8, 4) is 0 Å². The van der Waals surface area contributed by atoms with E-state index in [1.807, 2.05) is 30.8 Å². The van der Waals surface area contributed by atoms with Gasteiger partial charge in [0.25, 0.3) is 5.69 Å². The lowest BCUT2D eigenvalue weighted by molar-refractivity contribution is -0.385. The Morgan fingerprint density at radius 3 is 2.90 bits per heavy atom. The molecule has 5 heteroatoms. The Labute approximate surface area is 124 Å². The predicted molar refractivity (Wildman–Crippen MR) is 84.2 cm³/mol. The first-order valence-corrected chi connectivity index (χ1v) is 8.27. The molecule has 0 heterocycles. The van der Waals surface area contributed by atoms with Crippen LogP contribution < -0.4 is 5.32 Å². The number of hydrogen-bond acceptors (Lipinski definition) is 4. The monoisotopic (exact) mass is 294 g/mol. The van der Waals surface area contributed by atoms with E-state index in [2.05, 4.69) is 12.2 Å². The highest BCUT2D eigenvalue weighted by Crippen LogP contribution is 2.32. The van der Waals surface area contributed by atoms with Crippen molar-refractivity contribution in [1.82, 2.24) is 5.32 Å². The fraction of sp³-hybridized carbons (Fsp3) is 0.600. The number of hydrogen-bond donors (Lipinski definition) is 1. The van der Waals surface area contributed by atoms with Crippen LogP contribution in [0.5, 0.6) is 0 Å². The molecule has 2 rings (SSSR count). The fourth-order valence-corrected chi connectivity index (χ4v) is 4.08. The van der Waals surface area contributed by atoms with Gasteiger partial charge in [0.2, 0.25) is 0 Å². The van der Waals surface area contributed by atoms with Crippen molar-refractivity contribution in [1.29, 1.82) is 0 Å². The minimum Gasteiger partial charge on any atom is -0.307 e. The van der Waals surface area contributed by atoms with Crippen LogP contribution in [-0.4, -0.2) is 22.0 Å². The third kappa shape index (κ3) is 3.73. The second kappa shape index (κ2) is 7.09. The number of thioether (sulfide) groups is 1. The van der Waals surface area contributed by atoms with Gasteiger partial charge < -0.3 is 5.32 Å². The molecule has 0 aromatic heterocycles. The van der Waals surface area contributed by atoms with Crippen molar-refractivity contribution in [2.75, 3.05) is 5.75 Å². The molecule has 0 aliphatic heterocycles. The molecular formula is C15H22N2O2S. The zero-order valence-corrected chi connectivity index (χ0v) is 12.9. The Kier molecular flexibility index (Phi) is 5.43. The van der Waals surface area contributed by atoms with Crippen LogP contribution in [0.1, 0.15) is 44.7 Å². The van der Waals surface area contributed by atoms with Crippen molar-refractivity contribution in [3.63, 3.8) is 0 Å². The predicted octanol–water partition coefficient (Wildman–Crippen LogP) is 3.92. The molecule has 1 saturated carbocycles. The average molecular weight is 294 g/mol. The lowest BCUT2D eigenvalue weighted by Gasteiger charge is -2.20. The van der Waals surface area contributed by atoms with Crippen LogP contribution in [0.2, 0.25) is 0 Å². The highest BCUT2D eigenvalue weighted by atomic mass is 32.2. The first-order valence-electron chi connectivity index (χ1n) is 7.22. The highest BCUT2D eigenvalue weighted by Gasteiger charge is 2.27. The highest BCUT2D eigenvalue weighted by molar-refractivity contribution is 7.99. The van der Waals surface area contributed by atoms with Gasteiger partial charge in [-0.2, -0.15) is 11.8 Å². The average Bonchev–Trinajstić information content (AvgIpc) is 2.86. The van der Waals surface area contributed by atoms with E-state index in [1.165, 1.54) is 19.3 Å². The maximum Gasteiger partial charge on any atom is 0.274 e. The zero-order valence-electron chi connectivity index (χ0n) is 12.0. The van der Waals surface area contributed by atoms with E-state index in [4.69, 9.17) is 0 Å². The third-order valence-corrected chi connectivity index (χ3v) is 5.11. The summed E-state index contributed by atoms with van der Waals surface area (Å²) in [5.74, 6) is 1.16. The van der Waals surface area contributed by atoms with Crippen LogP contribution in [0.15, 0.2) is 24.3 Å². The number of nitro groups is 1. The van der Waals surface area contributed by atoms with Crippen LogP contribution in [0, 0.1) is 10.1 Å². The lowest BCUT2D eigenvalue weighted by Crippen LogP contribution is -2.30. The molecule has 0 radical (unpaired) electrons. The molecule has 3 atom stereocenters. The van der Waals surface area contributed by atoms with E-state index in [9.17, 15) is 10.1 Å². The second-order valence-electron chi connectivity index (χ2n) is 5.29. The molecule has 1 aromatic rings.